The number of nitrogens with one attached hydrogen (secondary N) is 1. The van der Waals surface area contributed by atoms with Crippen LogP contribution in [0, 0.1) is 6.92 Å². The Labute approximate surface area is 113 Å². The van der Waals surface area contributed by atoms with Crippen molar-refractivity contribution in [3.63, 3.8) is 0 Å². The van der Waals surface area contributed by atoms with Gasteiger partial charge in [0.2, 0.25) is 0 Å². The molecule has 0 saturated heterocycles. The van der Waals surface area contributed by atoms with Crippen molar-refractivity contribution in [1.29, 1.82) is 0 Å². The molecule has 2 aromatic rings. The fourth-order valence-electron chi connectivity index (χ4n) is 1.79. The van der Waals surface area contributed by atoms with Crippen molar-refractivity contribution in [1.82, 2.24) is 15.1 Å². The van der Waals surface area contributed by atoms with Gasteiger partial charge < -0.3 is 5.32 Å². The smallest absolute Gasteiger partial charge is 0.0705 e. The summed E-state index contributed by atoms with van der Waals surface area (Å²) in [4.78, 5) is 0. The summed E-state index contributed by atoms with van der Waals surface area (Å²) in [6.07, 6.45) is 3.85. The molecule has 2 rings (SSSR count). The Morgan fingerprint density at radius 1 is 1.39 bits per heavy atom. The summed E-state index contributed by atoms with van der Waals surface area (Å²) in [5.74, 6) is 0. The fraction of sp³-hybridized carbons (Fsp3) is 0.357. The third kappa shape index (κ3) is 2.92. The summed E-state index contributed by atoms with van der Waals surface area (Å²) in [5.41, 5.74) is 3.25. The summed E-state index contributed by atoms with van der Waals surface area (Å²) in [6.45, 7) is 7.01. The number of nitrogens with zero attached hydrogens (tertiary/aromatic N) is 2. The minimum Gasteiger partial charge on any atom is -0.310 e. The van der Waals surface area contributed by atoms with Crippen LogP contribution < -0.4 is 5.32 Å². The van der Waals surface area contributed by atoms with E-state index in [1.54, 1.807) is 0 Å². The minimum atomic E-state index is 0.425. The molecule has 0 unspecified atom stereocenters. The lowest BCUT2D eigenvalue weighted by atomic mass is 10.1. The number of halogens is 1. The molecule has 0 bridgehead atoms. The lowest BCUT2D eigenvalue weighted by Crippen LogP contribution is -2.23. The van der Waals surface area contributed by atoms with E-state index in [2.05, 4.69) is 24.3 Å². The molecule has 0 atom stereocenters. The molecule has 0 amide bonds. The van der Waals surface area contributed by atoms with Crippen molar-refractivity contribution >= 4 is 11.6 Å². The molecule has 3 nitrogen and oxygen atoms in total. The maximum absolute atomic E-state index is 6.29. The van der Waals surface area contributed by atoms with Crippen LogP contribution in [0.15, 0.2) is 30.6 Å². The molecule has 96 valence electrons. The average molecular weight is 264 g/mol. The van der Waals surface area contributed by atoms with Crippen molar-refractivity contribution in [3.8, 4) is 5.69 Å². The normalized spacial score (nSPS) is 11.2. The first-order chi connectivity index (χ1) is 8.58. The van der Waals surface area contributed by atoms with E-state index in [0.29, 0.717) is 6.04 Å². The van der Waals surface area contributed by atoms with Crippen LogP contribution >= 0.6 is 11.6 Å². The van der Waals surface area contributed by atoms with Gasteiger partial charge in [0.05, 0.1) is 11.9 Å². The first-order valence-electron chi connectivity index (χ1n) is 6.10. The molecule has 0 saturated carbocycles. The van der Waals surface area contributed by atoms with Gasteiger partial charge in [-0.2, -0.15) is 5.10 Å². The highest BCUT2D eigenvalue weighted by Crippen LogP contribution is 2.23. The van der Waals surface area contributed by atoms with Gasteiger partial charge in [-0.1, -0.05) is 31.5 Å². The predicted octanol–water partition coefficient (Wildman–Crippen LogP) is 3.33. The monoisotopic (exact) mass is 263 g/mol. The zero-order valence-corrected chi connectivity index (χ0v) is 11.7. The molecule has 1 N–H and O–H groups in total. The Morgan fingerprint density at radius 3 is 2.78 bits per heavy atom. The standard InChI is InChI=1S/C14H18ClN3/c1-10(2)16-8-12-13(15)5-4-6-14(12)18-9-11(3)7-17-18/h4-7,9-10,16H,8H2,1-3H3. The molecule has 4 heteroatoms. The average Bonchev–Trinajstić information content (AvgIpc) is 2.73. The van der Waals surface area contributed by atoms with Gasteiger partial charge in [0, 0.05) is 29.4 Å². The molecule has 0 radical (unpaired) electrons. The first kappa shape index (κ1) is 13.1. The Hall–Kier alpha value is -1.32. The van der Waals surface area contributed by atoms with Crippen LogP contribution in [-0.2, 0) is 6.54 Å². The van der Waals surface area contributed by atoms with Gasteiger partial charge in [-0.15, -0.1) is 0 Å². The molecule has 0 fully saturated rings. The van der Waals surface area contributed by atoms with Gasteiger partial charge in [-0.3, -0.25) is 0 Å². The van der Waals surface area contributed by atoms with Crippen LogP contribution in [0.1, 0.15) is 25.0 Å². The van der Waals surface area contributed by atoms with Crippen LogP contribution in [0.25, 0.3) is 5.69 Å². The Morgan fingerprint density at radius 2 is 2.17 bits per heavy atom. The molecule has 0 aliphatic rings. The van der Waals surface area contributed by atoms with Crippen molar-refractivity contribution in [2.24, 2.45) is 0 Å². The zero-order chi connectivity index (χ0) is 13.1. The van der Waals surface area contributed by atoms with Gasteiger partial charge in [-0.05, 0) is 24.6 Å². The predicted molar refractivity (Wildman–Crippen MR) is 75.3 cm³/mol. The van der Waals surface area contributed by atoms with E-state index >= 15 is 0 Å². The molecule has 1 aromatic carbocycles. The number of hydrogen-bond acceptors (Lipinski definition) is 2. The lowest BCUT2D eigenvalue weighted by Gasteiger charge is -2.14. The second-order valence-electron chi connectivity index (χ2n) is 4.74. The maximum atomic E-state index is 6.29. The van der Waals surface area contributed by atoms with E-state index in [4.69, 9.17) is 11.6 Å². The minimum absolute atomic E-state index is 0.425. The Bertz CT molecular complexity index is 532. The summed E-state index contributed by atoms with van der Waals surface area (Å²) in [5, 5.41) is 8.51. The molecule has 0 spiro atoms. The van der Waals surface area contributed by atoms with E-state index < -0.39 is 0 Å². The van der Waals surface area contributed by atoms with E-state index in [0.717, 1.165) is 28.4 Å². The Kier molecular flexibility index (Phi) is 4.04. The second-order valence-corrected chi connectivity index (χ2v) is 5.14. The van der Waals surface area contributed by atoms with E-state index in [1.807, 2.05) is 42.2 Å². The van der Waals surface area contributed by atoms with Crippen LogP contribution in [0.3, 0.4) is 0 Å². The number of aryl methyl sites for hydroxylation is 1. The van der Waals surface area contributed by atoms with E-state index in [1.165, 1.54) is 0 Å². The number of benzene rings is 1. The third-order valence-electron chi connectivity index (χ3n) is 2.74. The van der Waals surface area contributed by atoms with Crippen LogP contribution in [0.4, 0.5) is 0 Å². The third-order valence-corrected chi connectivity index (χ3v) is 3.09. The summed E-state index contributed by atoms with van der Waals surface area (Å²) < 4.78 is 1.87. The lowest BCUT2D eigenvalue weighted by molar-refractivity contribution is 0.586. The topological polar surface area (TPSA) is 29.9 Å². The van der Waals surface area contributed by atoms with Crippen LogP contribution in [-0.4, -0.2) is 15.8 Å². The number of aromatic nitrogens is 2. The number of rotatable bonds is 4. The van der Waals surface area contributed by atoms with Gasteiger partial charge in [0.25, 0.3) is 0 Å². The van der Waals surface area contributed by atoms with Crippen molar-refractivity contribution in [2.75, 3.05) is 0 Å². The highest BCUT2D eigenvalue weighted by Gasteiger charge is 2.09. The summed E-state index contributed by atoms with van der Waals surface area (Å²) >= 11 is 6.29. The quantitative estimate of drug-likeness (QED) is 0.917. The number of hydrogen-bond donors (Lipinski definition) is 1. The van der Waals surface area contributed by atoms with Gasteiger partial charge in [0.15, 0.2) is 0 Å². The first-order valence-corrected chi connectivity index (χ1v) is 6.48. The highest BCUT2D eigenvalue weighted by atomic mass is 35.5. The van der Waals surface area contributed by atoms with Gasteiger partial charge in [0.1, 0.15) is 0 Å². The fourth-order valence-corrected chi connectivity index (χ4v) is 2.02. The molecular formula is C14H18ClN3. The zero-order valence-electron chi connectivity index (χ0n) is 10.9. The molecule has 1 aromatic heterocycles. The Balaban J connectivity index is 2.37. The van der Waals surface area contributed by atoms with Gasteiger partial charge >= 0.3 is 0 Å². The SMILES string of the molecule is Cc1cnn(-c2cccc(Cl)c2CNC(C)C)c1. The molecule has 0 aliphatic carbocycles. The molecular weight excluding hydrogens is 246 g/mol. The van der Waals surface area contributed by atoms with Gasteiger partial charge in [-0.25, -0.2) is 4.68 Å². The van der Waals surface area contributed by atoms with E-state index in [-0.39, 0.29) is 0 Å². The van der Waals surface area contributed by atoms with Crippen molar-refractivity contribution in [3.05, 3.63) is 46.7 Å². The summed E-state index contributed by atoms with van der Waals surface area (Å²) in [7, 11) is 0. The maximum Gasteiger partial charge on any atom is 0.0705 e. The van der Waals surface area contributed by atoms with Crippen LogP contribution in [0.5, 0.6) is 0 Å². The molecule has 18 heavy (non-hydrogen) atoms. The van der Waals surface area contributed by atoms with Crippen molar-refractivity contribution in [2.45, 2.75) is 33.4 Å². The highest BCUT2D eigenvalue weighted by molar-refractivity contribution is 6.31. The molecule has 1 heterocycles. The molecule has 0 aliphatic heterocycles. The second kappa shape index (κ2) is 5.55. The van der Waals surface area contributed by atoms with Crippen molar-refractivity contribution < 1.29 is 0 Å². The van der Waals surface area contributed by atoms with E-state index in [9.17, 15) is 0 Å². The van der Waals surface area contributed by atoms with Crippen LogP contribution in [0.2, 0.25) is 5.02 Å². The summed E-state index contributed by atoms with van der Waals surface area (Å²) in [6, 6.07) is 6.33. The largest absolute Gasteiger partial charge is 0.310 e.